The topological polar surface area (TPSA) is 100 Å². The fourth-order valence-electron chi connectivity index (χ4n) is 4.79. The molecule has 0 aliphatic heterocycles. The number of carbonyl (C=O) groups excluding carboxylic acids is 3. The summed E-state index contributed by atoms with van der Waals surface area (Å²) < 4.78 is 13.6. The summed E-state index contributed by atoms with van der Waals surface area (Å²) in [5, 5.41) is 10.3. The summed E-state index contributed by atoms with van der Waals surface area (Å²) in [6, 6.07) is 40.4. The third kappa shape index (κ3) is 8.95. The standard InChI is InChI=1S/C39H29FN4O3S2/c40-30-21-19-26(20-22-30)23-33(42-36(45)29-15-8-3-9-16-29)37(46)41-31-17-10-18-32(24-31)49-35(28-13-6-2-7-14-28)38(47)44-39-43-34(25-48-39)27-11-4-1-5-12-27/h1-25,35H,(H,41,46)(H,42,45)(H,43,44,47)/b33-23-. The van der Waals surface area contributed by atoms with Crippen molar-refractivity contribution >= 4 is 57.7 Å². The van der Waals surface area contributed by atoms with Gasteiger partial charge in [-0.15, -0.1) is 23.1 Å². The van der Waals surface area contributed by atoms with E-state index in [9.17, 15) is 18.8 Å². The molecule has 1 aromatic heterocycles. The van der Waals surface area contributed by atoms with Gasteiger partial charge in [0.25, 0.3) is 11.8 Å². The summed E-state index contributed by atoms with van der Waals surface area (Å²) in [5.74, 6) is -1.71. The second kappa shape index (κ2) is 15.8. The molecule has 6 rings (SSSR count). The van der Waals surface area contributed by atoms with Gasteiger partial charge in [0, 0.05) is 27.1 Å². The van der Waals surface area contributed by atoms with Crippen LogP contribution >= 0.6 is 23.1 Å². The van der Waals surface area contributed by atoms with Crippen molar-refractivity contribution in [2.75, 3.05) is 10.6 Å². The van der Waals surface area contributed by atoms with Gasteiger partial charge in [0.1, 0.15) is 16.8 Å². The van der Waals surface area contributed by atoms with E-state index in [-0.39, 0.29) is 11.6 Å². The number of aromatic nitrogens is 1. The molecule has 10 heteroatoms. The lowest BCUT2D eigenvalue weighted by molar-refractivity contribution is -0.116. The molecule has 0 saturated heterocycles. The number of hydrogen-bond acceptors (Lipinski definition) is 6. The number of nitrogens with one attached hydrogen (secondary N) is 3. The number of carbonyl (C=O) groups is 3. The van der Waals surface area contributed by atoms with E-state index in [0.29, 0.717) is 21.9 Å². The van der Waals surface area contributed by atoms with E-state index in [1.807, 2.05) is 72.1 Å². The summed E-state index contributed by atoms with van der Waals surface area (Å²) in [4.78, 5) is 45.6. The number of amides is 3. The molecule has 242 valence electrons. The smallest absolute Gasteiger partial charge is 0.272 e. The first-order valence-electron chi connectivity index (χ1n) is 15.2. The molecular formula is C39H29FN4O3S2. The first-order valence-corrected chi connectivity index (χ1v) is 17.0. The van der Waals surface area contributed by atoms with Crippen LogP contribution in [0.1, 0.15) is 26.7 Å². The fraction of sp³-hybridized carbons (Fsp3) is 0.0256. The lowest BCUT2D eigenvalue weighted by Gasteiger charge is -2.17. The lowest BCUT2D eigenvalue weighted by atomic mass is 10.1. The van der Waals surface area contributed by atoms with Crippen molar-refractivity contribution in [2.45, 2.75) is 10.1 Å². The molecule has 49 heavy (non-hydrogen) atoms. The number of benzene rings is 5. The van der Waals surface area contributed by atoms with Gasteiger partial charge in [-0.2, -0.15) is 0 Å². The Labute approximate surface area is 290 Å². The predicted octanol–water partition coefficient (Wildman–Crippen LogP) is 8.83. The number of thiazole rings is 1. The molecule has 0 saturated carbocycles. The van der Waals surface area contributed by atoms with Crippen LogP contribution in [0.5, 0.6) is 0 Å². The highest BCUT2D eigenvalue weighted by Crippen LogP contribution is 2.38. The van der Waals surface area contributed by atoms with E-state index in [0.717, 1.165) is 21.7 Å². The third-order valence-electron chi connectivity index (χ3n) is 7.20. The Morgan fingerprint density at radius 2 is 1.43 bits per heavy atom. The molecule has 7 nitrogen and oxygen atoms in total. The SMILES string of the molecule is O=C(Nc1cccc(SC(C(=O)Nc2nc(-c3ccccc3)cs2)c2ccccc2)c1)/C(=C/c1ccc(F)cc1)NC(=O)c1ccccc1. The Kier molecular flexibility index (Phi) is 10.7. The zero-order valence-electron chi connectivity index (χ0n) is 25.9. The van der Waals surface area contributed by atoms with Crippen molar-refractivity contribution in [3.05, 3.63) is 173 Å². The van der Waals surface area contributed by atoms with E-state index in [1.165, 1.54) is 53.4 Å². The highest BCUT2D eigenvalue weighted by atomic mass is 32.2. The maximum Gasteiger partial charge on any atom is 0.272 e. The largest absolute Gasteiger partial charge is 0.321 e. The van der Waals surface area contributed by atoms with Crippen LogP contribution in [0.4, 0.5) is 15.2 Å². The minimum atomic E-state index is -0.629. The highest BCUT2D eigenvalue weighted by molar-refractivity contribution is 8.00. The Morgan fingerprint density at radius 1 is 0.755 bits per heavy atom. The van der Waals surface area contributed by atoms with Crippen LogP contribution in [0.25, 0.3) is 17.3 Å². The van der Waals surface area contributed by atoms with E-state index >= 15 is 0 Å². The van der Waals surface area contributed by atoms with Gasteiger partial charge in [-0.3, -0.25) is 14.4 Å². The number of anilines is 2. The molecule has 0 aliphatic carbocycles. The Morgan fingerprint density at radius 3 is 2.14 bits per heavy atom. The molecule has 3 N–H and O–H groups in total. The van der Waals surface area contributed by atoms with Crippen LogP contribution in [0, 0.1) is 5.82 Å². The van der Waals surface area contributed by atoms with Gasteiger partial charge >= 0.3 is 0 Å². The molecule has 0 spiro atoms. The molecule has 6 aromatic rings. The van der Waals surface area contributed by atoms with Gasteiger partial charge in [-0.1, -0.05) is 97.1 Å². The average Bonchev–Trinajstić information content (AvgIpc) is 3.61. The van der Waals surface area contributed by atoms with E-state index in [1.54, 1.807) is 48.5 Å². The van der Waals surface area contributed by atoms with Gasteiger partial charge in [0.15, 0.2) is 5.13 Å². The predicted molar refractivity (Wildman–Crippen MR) is 195 cm³/mol. The third-order valence-corrected chi connectivity index (χ3v) is 9.21. The van der Waals surface area contributed by atoms with E-state index in [4.69, 9.17) is 0 Å². The fourth-order valence-corrected chi connectivity index (χ4v) is 6.60. The number of nitrogens with zero attached hydrogens (tertiary/aromatic N) is 1. The van der Waals surface area contributed by atoms with E-state index in [2.05, 4.69) is 20.9 Å². The van der Waals surface area contributed by atoms with Gasteiger partial charge in [-0.25, -0.2) is 9.37 Å². The maximum absolute atomic E-state index is 13.7. The van der Waals surface area contributed by atoms with Crippen LogP contribution in [0.2, 0.25) is 0 Å². The molecule has 0 aliphatic rings. The zero-order valence-corrected chi connectivity index (χ0v) is 27.5. The second-order valence-corrected chi connectivity index (χ2v) is 12.8. The van der Waals surface area contributed by atoms with Gasteiger partial charge < -0.3 is 16.0 Å². The van der Waals surface area contributed by atoms with Gasteiger partial charge in [0.2, 0.25) is 5.91 Å². The number of halogens is 1. The molecule has 1 heterocycles. The first kappa shape index (κ1) is 33.1. The quantitative estimate of drug-likeness (QED) is 0.0936. The molecule has 0 fully saturated rings. The van der Waals surface area contributed by atoms with Crippen LogP contribution < -0.4 is 16.0 Å². The van der Waals surface area contributed by atoms with Crippen molar-refractivity contribution < 1.29 is 18.8 Å². The lowest BCUT2D eigenvalue weighted by Crippen LogP contribution is -2.30. The van der Waals surface area contributed by atoms with Crippen molar-refractivity contribution in [3.8, 4) is 11.3 Å². The van der Waals surface area contributed by atoms with Gasteiger partial charge in [0.05, 0.1) is 5.69 Å². The van der Waals surface area contributed by atoms with Crippen molar-refractivity contribution in [1.29, 1.82) is 0 Å². The first-order chi connectivity index (χ1) is 23.9. The van der Waals surface area contributed by atoms with Crippen LogP contribution in [0.15, 0.2) is 155 Å². The normalized spacial score (nSPS) is 11.7. The summed E-state index contributed by atoms with van der Waals surface area (Å²) in [6.45, 7) is 0. The summed E-state index contributed by atoms with van der Waals surface area (Å²) >= 11 is 2.68. The summed E-state index contributed by atoms with van der Waals surface area (Å²) in [6.07, 6.45) is 1.48. The molecular weight excluding hydrogens is 656 g/mol. The molecule has 0 radical (unpaired) electrons. The minimum Gasteiger partial charge on any atom is -0.321 e. The molecule has 1 unspecified atom stereocenters. The Balaban J connectivity index is 1.21. The number of rotatable bonds is 11. The van der Waals surface area contributed by atoms with Crippen molar-refractivity contribution in [1.82, 2.24) is 10.3 Å². The average molecular weight is 685 g/mol. The monoisotopic (exact) mass is 684 g/mol. The van der Waals surface area contributed by atoms with Crippen LogP contribution in [-0.2, 0) is 9.59 Å². The highest BCUT2D eigenvalue weighted by Gasteiger charge is 2.24. The molecule has 1 atom stereocenters. The van der Waals surface area contributed by atoms with Crippen LogP contribution in [-0.4, -0.2) is 22.7 Å². The van der Waals surface area contributed by atoms with Crippen LogP contribution in [0.3, 0.4) is 0 Å². The zero-order chi connectivity index (χ0) is 34.0. The van der Waals surface area contributed by atoms with Gasteiger partial charge in [-0.05, 0) is 59.7 Å². The number of thioether (sulfide) groups is 1. The molecule has 3 amide bonds. The van der Waals surface area contributed by atoms with E-state index < -0.39 is 22.9 Å². The Bertz CT molecular complexity index is 2090. The van der Waals surface area contributed by atoms with Crippen molar-refractivity contribution in [2.24, 2.45) is 0 Å². The van der Waals surface area contributed by atoms with Crippen molar-refractivity contribution in [3.63, 3.8) is 0 Å². The molecule has 5 aromatic carbocycles. The Hall–Kier alpha value is -5.84. The number of hydrogen-bond donors (Lipinski definition) is 3. The second-order valence-electron chi connectivity index (χ2n) is 10.7. The summed E-state index contributed by atoms with van der Waals surface area (Å²) in [5.41, 5.74) is 3.86. The molecule has 0 bridgehead atoms. The maximum atomic E-state index is 13.7. The summed E-state index contributed by atoms with van der Waals surface area (Å²) in [7, 11) is 0. The minimum absolute atomic E-state index is 0.0293.